The van der Waals surface area contributed by atoms with Gasteiger partial charge in [0.2, 0.25) is 0 Å². The van der Waals surface area contributed by atoms with Crippen LogP contribution in [0.2, 0.25) is 0 Å². The Morgan fingerprint density at radius 2 is 1.80 bits per heavy atom. The van der Waals surface area contributed by atoms with E-state index in [2.05, 4.69) is 15.9 Å². The third-order valence-electron chi connectivity index (χ3n) is 2.40. The summed E-state index contributed by atoms with van der Waals surface area (Å²) in [7, 11) is 0. The van der Waals surface area contributed by atoms with Crippen LogP contribution in [0.15, 0.2) is 40.9 Å². The van der Waals surface area contributed by atoms with E-state index in [1.54, 1.807) is 30.3 Å². The molecule has 20 heavy (non-hydrogen) atoms. The molecule has 0 unspecified atom stereocenters. The summed E-state index contributed by atoms with van der Waals surface area (Å²) in [6.07, 6.45) is 0.0223. The largest absolute Gasteiger partial charge is 0.491 e. The maximum atomic E-state index is 13.7. The molecule has 0 atom stereocenters. The lowest BCUT2D eigenvalue weighted by Gasteiger charge is -2.13. The lowest BCUT2D eigenvalue weighted by molar-refractivity contribution is 0.241. The number of nitrogen functional groups attached to an aromatic ring is 1. The van der Waals surface area contributed by atoms with Crippen LogP contribution in [-0.2, 0) is 0 Å². The Labute approximate surface area is 125 Å². The zero-order valence-electron chi connectivity index (χ0n) is 11.2. The van der Waals surface area contributed by atoms with E-state index < -0.39 is 5.82 Å². The Kier molecular flexibility index (Phi) is 4.49. The van der Waals surface area contributed by atoms with Crippen LogP contribution in [0.25, 0.3) is 0 Å². The van der Waals surface area contributed by atoms with Gasteiger partial charge in [-0.1, -0.05) is 15.9 Å². The second-order valence-corrected chi connectivity index (χ2v) is 5.50. The molecule has 0 aliphatic carbocycles. The minimum atomic E-state index is -0.451. The summed E-state index contributed by atoms with van der Waals surface area (Å²) < 4.78 is 25.5. The molecule has 0 saturated carbocycles. The Hall–Kier alpha value is -1.75. The van der Waals surface area contributed by atoms with Gasteiger partial charge in [-0.15, -0.1) is 0 Å². The van der Waals surface area contributed by atoms with Gasteiger partial charge in [0.25, 0.3) is 0 Å². The number of hydrogen-bond acceptors (Lipinski definition) is 3. The van der Waals surface area contributed by atoms with E-state index in [0.29, 0.717) is 21.7 Å². The minimum Gasteiger partial charge on any atom is -0.491 e. The van der Waals surface area contributed by atoms with Crippen LogP contribution in [0.3, 0.4) is 0 Å². The maximum Gasteiger partial charge on any atom is 0.166 e. The SMILES string of the molecule is CC(C)Oc1cc(N)cc(Oc2ccc(Br)cc2F)c1. The van der Waals surface area contributed by atoms with Crippen molar-refractivity contribution in [1.82, 2.24) is 0 Å². The van der Waals surface area contributed by atoms with E-state index in [1.807, 2.05) is 13.8 Å². The first-order valence-electron chi connectivity index (χ1n) is 6.14. The summed E-state index contributed by atoms with van der Waals surface area (Å²) in [6.45, 7) is 3.83. The normalized spacial score (nSPS) is 10.7. The third kappa shape index (κ3) is 3.87. The summed E-state index contributed by atoms with van der Waals surface area (Å²) in [5.41, 5.74) is 6.29. The fraction of sp³-hybridized carbons (Fsp3) is 0.200. The van der Waals surface area contributed by atoms with Crippen LogP contribution in [0, 0.1) is 5.82 Å². The average Bonchev–Trinajstić information content (AvgIpc) is 2.31. The van der Waals surface area contributed by atoms with E-state index in [1.165, 1.54) is 6.07 Å². The third-order valence-corrected chi connectivity index (χ3v) is 2.89. The van der Waals surface area contributed by atoms with Crippen LogP contribution < -0.4 is 15.2 Å². The second kappa shape index (κ2) is 6.13. The smallest absolute Gasteiger partial charge is 0.166 e. The van der Waals surface area contributed by atoms with Crippen molar-refractivity contribution >= 4 is 21.6 Å². The molecule has 3 nitrogen and oxygen atoms in total. The molecule has 0 aromatic heterocycles. The van der Waals surface area contributed by atoms with Crippen molar-refractivity contribution in [2.24, 2.45) is 0 Å². The zero-order valence-corrected chi connectivity index (χ0v) is 12.8. The summed E-state index contributed by atoms with van der Waals surface area (Å²) in [5.74, 6) is 0.705. The van der Waals surface area contributed by atoms with Crippen molar-refractivity contribution in [3.8, 4) is 17.2 Å². The molecule has 0 bridgehead atoms. The summed E-state index contributed by atoms with van der Waals surface area (Å²) >= 11 is 3.20. The van der Waals surface area contributed by atoms with Crippen LogP contribution in [0.1, 0.15) is 13.8 Å². The number of anilines is 1. The van der Waals surface area contributed by atoms with Gasteiger partial charge in [-0.3, -0.25) is 0 Å². The van der Waals surface area contributed by atoms with Crippen molar-refractivity contribution in [2.45, 2.75) is 20.0 Å². The van der Waals surface area contributed by atoms with Crippen molar-refractivity contribution in [3.63, 3.8) is 0 Å². The lowest BCUT2D eigenvalue weighted by Crippen LogP contribution is -2.06. The van der Waals surface area contributed by atoms with Crippen molar-refractivity contribution in [3.05, 3.63) is 46.7 Å². The highest BCUT2D eigenvalue weighted by molar-refractivity contribution is 9.10. The quantitative estimate of drug-likeness (QED) is 0.817. The first-order chi connectivity index (χ1) is 9.44. The number of ether oxygens (including phenoxy) is 2. The van der Waals surface area contributed by atoms with Gasteiger partial charge in [-0.2, -0.15) is 0 Å². The number of nitrogens with two attached hydrogens (primary N) is 1. The Balaban J connectivity index is 2.26. The molecule has 0 aliphatic heterocycles. The van der Waals surface area contributed by atoms with Gasteiger partial charge in [-0.25, -0.2) is 4.39 Å². The fourth-order valence-electron chi connectivity index (χ4n) is 1.68. The molecule has 0 aliphatic rings. The molecule has 2 N–H and O–H groups in total. The molecule has 2 aromatic carbocycles. The molecular formula is C15H15BrFNO2. The van der Waals surface area contributed by atoms with E-state index in [-0.39, 0.29) is 11.9 Å². The van der Waals surface area contributed by atoms with E-state index in [4.69, 9.17) is 15.2 Å². The summed E-state index contributed by atoms with van der Waals surface area (Å²) in [6, 6.07) is 9.59. The van der Waals surface area contributed by atoms with E-state index in [0.717, 1.165) is 0 Å². The molecule has 0 amide bonds. The number of rotatable bonds is 4. The number of hydrogen-bond donors (Lipinski definition) is 1. The van der Waals surface area contributed by atoms with Crippen molar-refractivity contribution < 1.29 is 13.9 Å². The van der Waals surface area contributed by atoms with Crippen LogP contribution in [0.4, 0.5) is 10.1 Å². The van der Waals surface area contributed by atoms with Gasteiger partial charge in [0.15, 0.2) is 11.6 Å². The molecule has 5 heteroatoms. The standard InChI is InChI=1S/C15H15BrFNO2/c1-9(2)19-12-6-11(18)7-13(8-12)20-15-4-3-10(16)5-14(15)17/h3-9H,18H2,1-2H3. The van der Waals surface area contributed by atoms with Gasteiger partial charge in [0.05, 0.1) is 6.10 Å². The van der Waals surface area contributed by atoms with Gasteiger partial charge < -0.3 is 15.2 Å². The first-order valence-corrected chi connectivity index (χ1v) is 6.93. The van der Waals surface area contributed by atoms with Gasteiger partial charge in [0, 0.05) is 28.4 Å². The molecule has 0 fully saturated rings. The van der Waals surface area contributed by atoms with Crippen molar-refractivity contribution in [2.75, 3.05) is 5.73 Å². The highest BCUT2D eigenvalue weighted by atomic mass is 79.9. The predicted molar refractivity (Wildman–Crippen MR) is 80.8 cm³/mol. The lowest BCUT2D eigenvalue weighted by atomic mass is 10.2. The fourth-order valence-corrected chi connectivity index (χ4v) is 2.01. The number of benzene rings is 2. The van der Waals surface area contributed by atoms with Crippen LogP contribution >= 0.6 is 15.9 Å². The second-order valence-electron chi connectivity index (χ2n) is 4.58. The zero-order chi connectivity index (χ0) is 14.7. The molecule has 2 rings (SSSR count). The molecular weight excluding hydrogens is 325 g/mol. The van der Waals surface area contributed by atoms with Crippen LogP contribution in [0.5, 0.6) is 17.2 Å². The Morgan fingerprint density at radius 3 is 2.45 bits per heavy atom. The van der Waals surface area contributed by atoms with Gasteiger partial charge in [0.1, 0.15) is 11.5 Å². The Bertz CT molecular complexity index is 617. The van der Waals surface area contributed by atoms with Gasteiger partial charge in [-0.05, 0) is 32.0 Å². The molecule has 0 spiro atoms. The molecule has 2 aromatic rings. The van der Waals surface area contributed by atoms with E-state index in [9.17, 15) is 4.39 Å². The topological polar surface area (TPSA) is 44.5 Å². The molecule has 0 heterocycles. The molecule has 0 radical (unpaired) electrons. The average molecular weight is 340 g/mol. The number of halogens is 2. The monoisotopic (exact) mass is 339 g/mol. The maximum absolute atomic E-state index is 13.7. The Morgan fingerprint density at radius 1 is 1.10 bits per heavy atom. The summed E-state index contributed by atoms with van der Waals surface area (Å²) in [4.78, 5) is 0. The highest BCUT2D eigenvalue weighted by Gasteiger charge is 2.08. The first kappa shape index (κ1) is 14.7. The molecule has 0 saturated heterocycles. The van der Waals surface area contributed by atoms with E-state index >= 15 is 0 Å². The molecule has 106 valence electrons. The summed E-state index contributed by atoms with van der Waals surface area (Å²) in [5, 5.41) is 0. The predicted octanol–water partition coefficient (Wildman–Crippen LogP) is 4.75. The van der Waals surface area contributed by atoms with Gasteiger partial charge >= 0.3 is 0 Å². The van der Waals surface area contributed by atoms with Crippen molar-refractivity contribution in [1.29, 1.82) is 0 Å². The minimum absolute atomic E-state index is 0.0223. The highest BCUT2D eigenvalue weighted by Crippen LogP contribution is 2.31. The van der Waals surface area contributed by atoms with Crippen LogP contribution in [-0.4, -0.2) is 6.10 Å².